The summed E-state index contributed by atoms with van der Waals surface area (Å²) in [4.78, 5) is 14.6. The van der Waals surface area contributed by atoms with Gasteiger partial charge in [0.1, 0.15) is 11.6 Å². The Bertz CT molecular complexity index is 849. The molecule has 1 saturated carbocycles. The molecular formula is C22H26N4O. The molecule has 3 rings (SSSR count). The second kappa shape index (κ2) is 8.59. The van der Waals surface area contributed by atoms with Gasteiger partial charge < -0.3 is 14.8 Å². The van der Waals surface area contributed by atoms with Crippen LogP contribution in [0.2, 0.25) is 0 Å². The molecule has 27 heavy (non-hydrogen) atoms. The average molecular weight is 362 g/mol. The molecule has 1 aliphatic carbocycles. The van der Waals surface area contributed by atoms with Crippen molar-refractivity contribution in [3.8, 4) is 11.8 Å². The first-order valence-electron chi connectivity index (χ1n) is 9.46. The van der Waals surface area contributed by atoms with Gasteiger partial charge in [-0.05, 0) is 55.3 Å². The highest BCUT2D eigenvalue weighted by atomic mass is 16.1. The van der Waals surface area contributed by atoms with Crippen LogP contribution in [0.1, 0.15) is 37.8 Å². The second-order valence-electron chi connectivity index (χ2n) is 7.19. The van der Waals surface area contributed by atoms with E-state index >= 15 is 0 Å². The largest absolute Gasteiger partial charge is 0.378 e. The standard InChI is InChI=1S/C22H26N4O/c1-25(2)19-10-12-20(13-11-19)26-14-6-9-21(26)15-17(16-23)22(27)24-18-7-4-3-5-8-18/h6,9-15,18H,3-5,7-8H2,1-2H3,(H,24,27). The molecule has 1 fully saturated rings. The first-order valence-corrected chi connectivity index (χ1v) is 9.46. The van der Waals surface area contributed by atoms with Gasteiger partial charge in [-0.2, -0.15) is 5.26 Å². The summed E-state index contributed by atoms with van der Waals surface area (Å²) in [7, 11) is 4.01. The molecule has 5 nitrogen and oxygen atoms in total. The van der Waals surface area contributed by atoms with Gasteiger partial charge in [-0.15, -0.1) is 0 Å². The van der Waals surface area contributed by atoms with Crippen LogP contribution in [-0.2, 0) is 4.79 Å². The molecule has 0 aliphatic heterocycles. The van der Waals surface area contributed by atoms with E-state index in [0.29, 0.717) is 0 Å². The second-order valence-corrected chi connectivity index (χ2v) is 7.19. The Morgan fingerprint density at radius 1 is 1.19 bits per heavy atom. The minimum atomic E-state index is -0.278. The zero-order valence-electron chi connectivity index (χ0n) is 16.0. The van der Waals surface area contributed by atoms with Crippen molar-refractivity contribution in [2.75, 3.05) is 19.0 Å². The maximum atomic E-state index is 12.5. The summed E-state index contributed by atoms with van der Waals surface area (Å²) < 4.78 is 1.98. The Hall–Kier alpha value is -3.00. The van der Waals surface area contributed by atoms with Crippen LogP contribution in [0.25, 0.3) is 11.8 Å². The van der Waals surface area contributed by atoms with Crippen LogP contribution in [0.4, 0.5) is 5.69 Å². The van der Waals surface area contributed by atoms with Crippen molar-refractivity contribution in [2.24, 2.45) is 0 Å². The van der Waals surface area contributed by atoms with E-state index in [0.717, 1.165) is 42.8 Å². The van der Waals surface area contributed by atoms with E-state index in [4.69, 9.17) is 0 Å². The molecule has 0 spiro atoms. The van der Waals surface area contributed by atoms with Crippen LogP contribution in [-0.4, -0.2) is 30.6 Å². The fourth-order valence-electron chi connectivity index (χ4n) is 3.46. The predicted molar refractivity (Wildman–Crippen MR) is 109 cm³/mol. The Balaban J connectivity index is 1.80. The van der Waals surface area contributed by atoms with E-state index in [1.807, 2.05) is 66.2 Å². The van der Waals surface area contributed by atoms with Crippen molar-refractivity contribution in [2.45, 2.75) is 38.1 Å². The van der Waals surface area contributed by atoms with Crippen molar-refractivity contribution in [3.63, 3.8) is 0 Å². The fraction of sp³-hybridized carbons (Fsp3) is 0.364. The Kier molecular flexibility index (Phi) is 5.97. The summed E-state index contributed by atoms with van der Waals surface area (Å²) >= 11 is 0. The van der Waals surface area contributed by atoms with Crippen LogP contribution in [0.3, 0.4) is 0 Å². The van der Waals surface area contributed by atoms with Crippen molar-refractivity contribution in [1.29, 1.82) is 5.26 Å². The fourth-order valence-corrected chi connectivity index (χ4v) is 3.46. The smallest absolute Gasteiger partial charge is 0.262 e. The molecule has 0 bridgehead atoms. The van der Waals surface area contributed by atoms with Gasteiger partial charge in [0.25, 0.3) is 5.91 Å². The zero-order valence-corrected chi connectivity index (χ0v) is 16.0. The van der Waals surface area contributed by atoms with Crippen LogP contribution in [0.15, 0.2) is 48.2 Å². The van der Waals surface area contributed by atoms with Gasteiger partial charge in [0, 0.05) is 43.4 Å². The molecule has 1 aromatic carbocycles. The van der Waals surface area contributed by atoms with E-state index in [9.17, 15) is 10.1 Å². The summed E-state index contributed by atoms with van der Waals surface area (Å²) in [6.45, 7) is 0. The normalized spacial score (nSPS) is 15.2. The highest BCUT2D eigenvalue weighted by molar-refractivity contribution is 6.01. The predicted octanol–water partition coefficient (Wildman–Crippen LogP) is 3.90. The average Bonchev–Trinajstić information content (AvgIpc) is 3.15. The lowest BCUT2D eigenvalue weighted by Crippen LogP contribution is -2.36. The topological polar surface area (TPSA) is 61.1 Å². The van der Waals surface area contributed by atoms with E-state index < -0.39 is 0 Å². The number of carbonyl (C=O) groups is 1. The molecule has 5 heteroatoms. The van der Waals surface area contributed by atoms with Crippen molar-refractivity contribution < 1.29 is 4.79 Å². The highest BCUT2D eigenvalue weighted by Crippen LogP contribution is 2.20. The lowest BCUT2D eigenvalue weighted by molar-refractivity contribution is -0.117. The van der Waals surface area contributed by atoms with Gasteiger partial charge in [0.05, 0.1) is 0 Å². The van der Waals surface area contributed by atoms with Crippen LogP contribution in [0.5, 0.6) is 0 Å². The summed E-state index contributed by atoms with van der Waals surface area (Å²) in [5.41, 5.74) is 3.06. The number of anilines is 1. The molecule has 0 unspecified atom stereocenters. The molecule has 1 amide bonds. The summed E-state index contributed by atoms with van der Waals surface area (Å²) in [5, 5.41) is 12.5. The minimum absolute atomic E-state index is 0.144. The molecule has 1 heterocycles. The molecule has 0 atom stereocenters. The number of benzene rings is 1. The summed E-state index contributed by atoms with van der Waals surface area (Å²) in [5.74, 6) is -0.278. The molecular weight excluding hydrogens is 336 g/mol. The van der Waals surface area contributed by atoms with Crippen molar-refractivity contribution in [1.82, 2.24) is 9.88 Å². The third kappa shape index (κ3) is 4.59. The number of nitrogens with one attached hydrogen (secondary N) is 1. The number of rotatable bonds is 5. The minimum Gasteiger partial charge on any atom is -0.378 e. The van der Waals surface area contributed by atoms with Gasteiger partial charge in [-0.1, -0.05) is 19.3 Å². The van der Waals surface area contributed by atoms with Gasteiger partial charge in [0.15, 0.2) is 0 Å². The quantitative estimate of drug-likeness (QED) is 0.648. The molecule has 0 saturated heterocycles. The third-order valence-electron chi connectivity index (χ3n) is 5.02. The SMILES string of the molecule is CN(C)c1ccc(-n2cccc2C=C(C#N)C(=O)NC2CCCCC2)cc1. The highest BCUT2D eigenvalue weighted by Gasteiger charge is 2.18. The van der Waals surface area contributed by atoms with E-state index in [-0.39, 0.29) is 17.5 Å². The van der Waals surface area contributed by atoms with Crippen molar-refractivity contribution in [3.05, 3.63) is 53.9 Å². The van der Waals surface area contributed by atoms with Crippen LogP contribution < -0.4 is 10.2 Å². The molecule has 1 aliphatic rings. The number of nitrogens with zero attached hydrogens (tertiary/aromatic N) is 3. The van der Waals surface area contributed by atoms with Crippen LogP contribution in [0, 0.1) is 11.3 Å². The number of amides is 1. The monoisotopic (exact) mass is 362 g/mol. The first kappa shape index (κ1) is 18.8. The summed E-state index contributed by atoms with van der Waals surface area (Å²) in [6, 6.07) is 14.2. The third-order valence-corrected chi connectivity index (χ3v) is 5.02. The van der Waals surface area contributed by atoms with Gasteiger partial charge in [-0.3, -0.25) is 4.79 Å². The van der Waals surface area contributed by atoms with E-state index in [1.165, 1.54) is 6.42 Å². The maximum absolute atomic E-state index is 12.5. The molecule has 1 aromatic heterocycles. The number of carbonyl (C=O) groups excluding carboxylic acids is 1. The number of aromatic nitrogens is 1. The lowest BCUT2D eigenvalue weighted by Gasteiger charge is -2.22. The van der Waals surface area contributed by atoms with Gasteiger partial charge in [0.2, 0.25) is 0 Å². The number of nitriles is 1. The maximum Gasteiger partial charge on any atom is 0.262 e. The zero-order chi connectivity index (χ0) is 19.2. The number of hydrogen-bond acceptors (Lipinski definition) is 3. The van der Waals surface area contributed by atoms with Gasteiger partial charge in [-0.25, -0.2) is 0 Å². The van der Waals surface area contributed by atoms with Gasteiger partial charge >= 0.3 is 0 Å². The van der Waals surface area contributed by atoms with Crippen molar-refractivity contribution >= 4 is 17.7 Å². The van der Waals surface area contributed by atoms with Crippen LogP contribution >= 0.6 is 0 Å². The molecule has 1 N–H and O–H groups in total. The molecule has 140 valence electrons. The van der Waals surface area contributed by atoms with E-state index in [1.54, 1.807) is 6.08 Å². The Morgan fingerprint density at radius 2 is 1.89 bits per heavy atom. The lowest BCUT2D eigenvalue weighted by atomic mass is 9.95. The number of hydrogen-bond donors (Lipinski definition) is 1. The molecule has 2 aromatic rings. The Labute approximate surface area is 160 Å². The first-order chi connectivity index (χ1) is 13.1. The molecule has 0 radical (unpaired) electrons. The summed E-state index contributed by atoms with van der Waals surface area (Å²) in [6.07, 6.45) is 9.11. The Morgan fingerprint density at radius 3 is 2.52 bits per heavy atom. The van der Waals surface area contributed by atoms with E-state index in [2.05, 4.69) is 11.4 Å².